The van der Waals surface area contributed by atoms with Crippen molar-refractivity contribution in [3.63, 3.8) is 0 Å². The first-order chi connectivity index (χ1) is 18.1. The number of nitrogens with zero attached hydrogens (tertiary/aromatic N) is 4. The fourth-order valence-electron chi connectivity index (χ4n) is 4.08. The van der Waals surface area contributed by atoms with Crippen LogP contribution in [0.1, 0.15) is 11.4 Å². The number of carbonyl (C=O) groups is 2. The Balaban J connectivity index is 1.28. The lowest BCUT2D eigenvalue weighted by atomic mass is 10.2. The van der Waals surface area contributed by atoms with Crippen LogP contribution in [-0.2, 0) is 22.6 Å². The zero-order valence-corrected chi connectivity index (χ0v) is 21.4. The summed E-state index contributed by atoms with van der Waals surface area (Å²) in [4.78, 5) is 27.3. The van der Waals surface area contributed by atoms with Gasteiger partial charge in [-0.25, -0.2) is 0 Å². The van der Waals surface area contributed by atoms with Crippen molar-refractivity contribution in [3.05, 3.63) is 95.3 Å². The van der Waals surface area contributed by atoms with Crippen molar-refractivity contribution in [1.82, 2.24) is 20.1 Å². The van der Waals surface area contributed by atoms with E-state index in [1.54, 1.807) is 28.8 Å². The fourth-order valence-corrected chi connectivity index (χ4v) is 5.11. The van der Waals surface area contributed by atoms with Gasteiger partial charge >= 0.3 is 0 Å². The van der Waals surface area contributed by atoms with E-state index in [1.165, 1.54) is 17.3 Å². The highest BCUT2D eigenvalue weighted by Crippen LogP contribution is 2.29. The third-order valence-corrected chi connectivity index (χ3v) is 6.99. The third-order valence-electron chi connectivity index (χ3n) is 5.84. The van der Waals surface area contributed by atoms with Crippen LogP contribution >= 0.6 is 23.4 Å². The van der Waals surface area contributed by atoms with Crippen LogP contribution in [0.25, 0.3) is 5.69 Å². The molecule has 188 valence electrons. The topological polar surface area (TPSA) is 89.3 Å². The summed E-state index contributed by atoms with van der Waals surface area (Å²) in [5.74, 6) is 1.04. The minimum absolute atomic E-state index is 0.00325. The van der Waals surface area contributed by atoms with Gasteiger partial charge in [0.1, 0.15) is 5.75 Å². The minimum atomic E-state index is -0.290. The molecule has 0 radical (unpaired) electrons. The van der Waals surface area contributed by atoms with Gasteiger partial charge in [-0.2, -0.15) is 0 Å². The second kappa shape index (κ2) is 11.5. The summed E-state index contributed by atoms with van der Waals surface area (Å²) in [6.45, 7) is 0.676. The number of thioether (sulfide) groups is 1. The molecule has 0 spiro atoms. The van der Waals surface area contributed by atoms with Gasteiger partial charge in [0.05, 0.1) is 18.0 Å². The largest absolute Gasteiger partial charge is 0.484 e. The second-order valence-electron chi connectivity index (χ2n) is 8.31. The van der Waals surface area contributed by atoms with Crippen LogP contribution in [0.3, 0.4) is 0 Å². The molecule has 4 aromatic rings. The number of carbonyl (C=O) groups excluding carboxylic acids is 2. The molecule has 2 amide bonds. The van der Waals surface area contributed by atoms with Crippen LogP contribution in [0, 0.1) is 0 Å². The number of amides is 2. The SMILES string of the molecule is O=C(COc1ccccc1)NCc1nnc(SCC(=O)N2CCc3ccccc32)n1-c1cccc(Cl)c1. The third kappa shape index (κ3) is 5.95. The normalized spacial score (nSPS) is 12.3. The van der Waals surface area contributed by atoms with E-state index in [9.17, 15) is 9.59 Å². The van der Waals surface area contributed by atoms with E-state index in [0.717, 1.165) is 17.8 Å². The predicted octanol–water partition coefficient (Wildman–Crippen LogP) is 4.30. The van der Waals surface area contributed by atoms with E-state index >= 15 is 0 Å². The number of hydrogen-bond acceptors (Lipinski definition) is 6. The average molecular weight is 534 g/mol. The molecule has 37 heavy (non-hydrogen) atoms. The molecule has 0 unspecified atom stereocenters. The highest BCUT2D eigenvalue weighted by atomic mass is 35.5. The number of benzene rings is 3. The van der Waals surface area contributed by atoms with Crippen molar-refractivity contribution in [2.24, 2.45) is 0 Å². The van der Waals surface area contributed by atoms with Crippen LogP contribution in [0.5, 0.6) is 5.75 Å². The number of para-hydroxylation sites is 2. The number of hydrogen-bond donors (Lipinski definition) is 1. The van der Waals surface area contributed by atoms with Gasteiger partial charge in [-0.15, -0.1) is 10.2 Å². The molecule has 0 saturated carbocycles. The van der Waals surface area contributed by atoms with E-state index in [2.05, 4.69) is 21.6 Å². The highest BCUT2D eigenvalue weighted by Gasteiger charge is 2.25. The standard InChI is InChI=1S/C27H24ClN5O3S/c28-20-8-6-9-21(15-20)33-24(16-29-25(34)17-36-22-10-2-1-3-11-22)30-31-27(33)37-18-26(35)32-14-13-19-7-4-5-12-23(19)32/h1-12,15H,13-14,16-18H2,(H,29,34). The maximum atomic E-state index is 13.0. The number of halogens is 1. The van der Waals surface area contributed by atoms with Crippen molar-refractivity contribution in [3.8, 4) is 11.4 Å². The highest BCUT2D eigenvalue weighted by molar-refractivity contribution is 7.99. The lowest BCUT2D eigenvalue weighted by Crippen LogP contribution is -2.30. The van der Waals surface area contributed by atoms with Gasteiger partial charge in [0, 0.05) is 17.3 Å². The van der Waals surface area contributed by atoms with Gasteiger partial charge in [0.15, 0.2) is 17.6 Å². The first kappa shape index (κ1) is 24.9. The van der Waals surface area contributed by atoms with Gasteiger partial charge in [-0.3, -0.25) is 14.2 Å². The Labute approximate surface area is 223 Å². The zero-order valence-electron chi connectivity index (χ0n) is 19.8. The molecule has 3 aromatic carbocycles. The van der Waals surface area contributed by atoms with Crippen molar-refractivity contribution in [1.29, 1.82) is 0 Å². The summed E-state index contributed by atoms with van der Waals surface area (Å²) in [6, 6.07) is 24.4. The van der Waals surface area contributed by atoms with Crippen LogP contribution in [0.15, 0.2) is 84.0 Å². The maximum Gasteiger partial charge on any atom is 0.258 e. The first-order valence-corrected chi connectivity index (χ1v) is 13.1. The molecule has 8 nitrogen and oxygen atoms in total. The summed E-state index contributed by atoms with van der Waals surface area (Å²) in [5, 5.41) is 12.5. The molecule has 0 fully saturated rings. The molecular formula is C27H24ClN5O3S. The van der Waals surface area contributed by atoms with E-state index in [1.807, 2.05) is 53.4 Å². The molecular weight excluding hydrogens is 510 g/mol. The van der Waals surface area contributed by atoms with Gasteiger partial charge in [0.2, 0.25) is 5.91 Å². The van der Waals surface area contributed by atoms with Crippen molar-refractivity contribution >= 4 is 40.9 Å². The van der Waals surface area contributed by atoms with Gasteiger partial charge < -0.3 is 15.0 Å². The molecule has 0 aliphatic carbocycles. The van der Waals surface area contributed by atoms with E-state index in [4.69, 9.17) is 16.3 Å². The molecule has 10 heteroatoms. The molecule has 1 aliphatic heterocycles. The number of aromatic nitrogens is 3. The maximum absolute atomic E-state index is 13.0. The number of ether oxygens (including phenoxy) is 1. The van der Waals surface area contributed by atoms with Crippen LogP contribution in [0.2, 0.25) is 5.02 Å². The van der Waals surface area contributed by atoms with E-state index < -0.39 is 0 Å². The number of nitrogens with one attached hydrogen (secondary N) is 1. The second-order valence-corrected chi connectivity index (χ2v) is 9.68. The van der Waals surface area contributed by atoms with Crippen molar-refractivity contribution in [2.45, 2.75) is 18.1 Å². The smallest absolute Gasteiger partial charge is 0.258 e. The number of anilines is 1. The van der Waals surface area contributed by atoms with Crippen molar-refractivity contribution in [2.75, 3.05) is 23.8 Å². The van der Waals surface area contributed by atoms with Gasteiger partial charge in [-0.1, -0.05) is 65.8 Å². The summed E-state index contributed by atoms with van der Waals surface area (Å²) in [6.07, 6.45) is 0.850. The number of fused-ring (bicyclic) bond motifs is 1. The summed E-state index contributed by atoms with van der Waals surface area (Å²) in [5.41, 5.74) is 2.88. The van der Waals surface area contributed by atoms with Gasteiger partial charge in [0.25, 0.3) is 5.91 Å². The van der Waals surface area contributed by atoms with Gasteiger partial charge in [-0.05, 0) is 48.4 Å². The average Bonchev–Trinajstić information content (AvgIpc) is 3.54. The fraction of sp³-hybridized carbons (Fsp3) is 0.185. The quantitative estimate of drug-likeness (QED) is 0.323. The summed E-state index contributed by atoms with van der Waals surface area (Å²) < 4.78 is 7.32. The Morgan fingerprint density at radius 3 is 2.65 bits per heavy atom. The van der Waals surface area contributed by atoms with Crippen LogP contribution in [-0.4, -0.2) is 45.5 Å². The lowest BCUT2D eigenvalue weighted by Gasteiger charge is -2.17. The Bertz CT molecular complexity index is 1410. The minimum Gasteiger partial charge on any atom is -0.484 e. The summed E-state index contributed by atoms with van der Waals surface area (Å²) >= 11 is 7.54. The van der Waals surface area contributed by atoms with Crippen molar-refractivity contribution < 1.29 is 14.3 Å². The Hall–Kier alpha value is -3.82. The zero-order chi connectivity index (χ0) is 25.6. The molecule has 2 heterocycles. The molecule has 1 N–H and O–H groups in total. The molecule has 0 bridgehead atoms. The lowest BCUT2D eigenvalue weighted by molar-refractivity contribution is -0.123. The Kier molecular flexibility index (Phi) is 7.72. The van der Waals surface area contributed by atoms with Crippen LogP contribution in [0.4, 0.5) is 5.69 Å². The predicted molar refractivity (Wildman–Crippen MR) is 143 cm³/mol. The Morgan fingerprint density at radius 1 is 1.00 bits per heavy atom. The molecule has 5 rings (SSSR count). The Morgan fingerprint density at radius 2 is 1.81 bits per heavy atom. The monoisotopic (exact) mass is 533 g/mol. The van der Waals surface area contributed by atoms with Crippen LogP contribution < -0.4 is 15.0 Å². The molecule has 1 aliphatic rings. The first-order valence-electron chi connectivity index (χ1n) is 11.7. The van der Waals surface area contributed by atoms with E-state index in [-0.39, 0.29) is 30.7 Å². The number of rotatable bonds is 9. The summed E-state index contributed by atoms with van der Waals surface area (Å²) in [7, 11) is 0. The molecule has 0 saturated heterocycles. The van der Waals surface area contributed by atoms with E-state index in [0.29, 0.717) is 28.3 Å². The molecule has 1 aromatic heterocycles. The molecule has 0 atom stereocenters.